The zero-order chi connectivity index (χ0) is 29.6. The van der Waals surface area contributed by atoms with Crippen LogP contribution in [0, 0.1) is 3.95 Å². The molecule has 0 unspecified atom stereocenters. The van der Waals surface area contributed by atoms with E-state index in [2.05, 4.69) is 15.5 Å². The van der Waals surface area contributed by atoms with Gasteiger partial charge in [-0.2, -0.15) is 5.10 Å². The minimum Gasteiger partial charge on any atom is -0.493 e. The molecule has 0 saturated heterocycles. The van der Waals surface area contributed by atoms with E-state index >= 15 is 0 Å². The molecule has 9 nitrogen and oxygen atoms in total. The molecule has 0 aliphatic carbocycles. The first kappa shape index (κ1) is 28.9. The summed E-state index contributed by atoms with van der Waals surface area (Å²) in [6.07, 6.45) is 3.05. The lowest BCUT2D eigenvalue weighted by atomic mass is 10.2. The number of aliphatic imine (C=N–C) groups is 1. The highest BCUT2D eigenvalue weighted by molar-refractivity contribution is 7.73. The number of aromatic nitrogens is 2. The molecule has 1 amide bonds. The first-order valence-corrected chi connectivity index (χ1v) is 14.1. The standard InChI is InChI=1S/C30H24ClN5O4S2/c1-38-23-13-18(14-24(39-2)25(23)40-3)16-32-28-26(42-30(41)36(28)21-10-5-4-6-11-21)29(37)35-33-17-20-15-19-9-7-8-12-22(19)34-27(20)31/h4-17H,1-3H3,(H,35,37)/b32-16+,33-17+. The fraction of sp³-hybridized carbons (Fsp3) is 0.100. The number of benzene rings is 3. The van der Waals surface area contributed by atoms with Gasteiger partial charge in [0.2, 0.25) is 5.75 Å². The first-order valence-electron chi connectivity index (χ1n) is 12.5. The summed E-state index contributed by atoms with van der Waals surface area (Å²) in [6, 6.07) is 22.4. The lowest BCUT2D eigenvalue weighted by Gasteiger charge is -2.12. The maximum absolute atomic E-state index is 13.4. The quantitative estimate of drug-likeness (QED) is 0.0827. The van der Waals surface area contributed by atoms with Gasteiger partial charge >= 0.3 is 0 Å². The van der Waals surface area contributed by atoms with Crippen LogP contribution in [0.3, 0.4) is 0 Å². The summed E-state index contributed by atoms with van der Waals surface area (Å²) in [4.78, 5) is 22.7. The number of hydrogen-bond donors (Lipinski definition) is 1. The summed E-state index contributed by atoms with van der Waals surface area (Å²) in [7, 11) is 4.60. The number of halogens is 1. The predicted octanol–water partition coefficient (Wildman–Crippen LogP) is 7.01. The molecule has 0 aliphatic rings. The van der Waals surface area contributed by atoms with Gasteiger partial charge in [-0.05, 0) is 48.6 Å². The van der Waals surface area contributed by atoms with Gasteiger partial charge in [0.1, 0.15) is 10.0 Å². The molecule has 0 radical (unpaired) electrons. The molecule has 0 bridgehead atoms. The van der Waals surface area contributed by atoms with Crippen LogP contribution in [-0.2, 0) is 0 Å². The molecule has 5 aromatic rings. The molecular formula is C30H24ClN5O4S2. The summed E-state index contributed by atoms with van der Waals surface area (Å²) in [5.41, 5.74) is 5.31. The van der Waals surface area contributed by atoms with E-state index in [1.165, 1.54) is 27.5 Å². The molecule has 0 aliphatic heterocycles. The Balaban J connectivity index is 1.51. The third-order valence-corrected chi connectivity index (χ3v) is 7.77. The summed E-state index contributed by atoms with van der Waals surface area (Å²) in [6.45, 7) is 0. The van der Waals surface area contributed by atoms with Crippen molar-refractivity contribution in [3.8, 4) is 22.9 Å². The minimum atomic E-state index is -0.487. The largest absolute Gasteiger partial charge is 0.493 e. The van der Waals surface area contributed by atoms with Crippen LogP contribution in [0.25, 0.3) is 16.6 Å². The molecule has 5 rings (SSSR count). The van der Waals surface area contributed by atoms with Crippen LogP contribution in [0.1, 0.15) is 20.8 Å². The zero-order valence-corrected chi connectivity index (χ0v) is 25.1. The summed E-state index contributed by atoms with van der Waals surface area (Å²) in [5.74, 6) is 1.25. The molecule has 2 heterocycles. The van der Waals surface area contributed by atoms with Gasteiger partial charge in [0.25, 0.3) is 5.91 Å². The Morgan fingerprint density at radius 2 is 1.67 bits per heavy atom. The van der Waals surface area contributed by atoms with Crippen molar-refractivity contribution in [3.63, 3.8) is 0 Å². The van der Waals surface area contributed by atoms with Gasteiger partial charge < -0.3 is 14.2 Å². The van der Waals surface area contributed by atoms with E-state index in [-0.39, 0.29) is 10.0 Å². The number of para-hydroxylation sites is 2. The van der Waals surface area contributed by atoms with Gasteiger partial charge in [-0.1, -0.05) is 59.3 Å². The monoisotopic (exact) mass is 617 g/mol. The predicted molar refractivity (Wildman–Crippen MR) is 170 cm³/mol. The molecule has 2 aromatic heterocycles. The molecule has 1 N–H and O–H groups in total. The minimum absolute atomic E-state index is 0.271. The Kier molecular flexibility index (Phi) is 8.91. The Labute approximate surface area is 255 Å². The average Bonchev–Trinajstić information content (AvgIpc) is 3.35. The van der Waals surface area contributed by atoms with Crippen LogP contribution in [0.4, 0.5) is 5.82 Å². The smallest absolute Gasteiger partial charge is 0.285 e. The highest BCUT2D eigenvalue weighted by Crippen LogP contribution is 2.38. The van der Waals surface area contributed by atoms with E-state index in [9.17, 15) is 4.79 Å². The maximum Gasteiger partial charge on any atom is 0.285 e. The van der Waals surface area contributed by atoms with Gasteiger partial charge in [-0.15, -0.1) is 0 Å². The van der Waals surface area contributed by atoms with E-state index in [4.69, 9.17) is 43.0 Å². The number of thiazole rings is 1. The summed E-state index contributed by atoms with van der Waals surface area (Å²) >= 11 is 13.1. The topological polar surface area (TPSA) is 99.3 Å². The van der Waals surface area contributed by atoms with E-state index in [1.54, 1.807) is 22.9 Å². The van der Waals surface area contributed by atoms with Crippen molar-refractivity contribution < 1.29 is 19.0 Å². The number of carbonyl (C=O) groups excluding carboxylic acids is 1. The number of pyridine rings is 1. The van der Waals surface area contributed by atoms with Gasteiger partial charge in [0.05, 0.1) is 33.1 Å². The second-order valence-corrected chi connectivity index (χ2v) is 10.7. The molecule has 0 spiro atoms. The first-order chi connectivity index (χ1) is 20.4. The van der Waals surface area contributed by atoms with Crippen molar-refractivity contribution in [2.24, 2.45) is 10.1 Å². The number of hydrazone groups is 1. The molecular weight excluding hydrogens is 594 g/mol. The van der Waals surface area contributed by atoms with Crippen molar-refractivity contribution in [1.29, 1.82) is 0 Å². The van der Waals surface area contributed by atoms with Crippen LogP contribution in [-0.4, -0.2) is 49.2 Å². The van der Waals surface area contributed by atoms with Crippen LogP contribution in [0.5, 0.6) is 17.2 Å². The number of ether oxygens (including phenoxy) is 3. The van der Waals surface area contributed by atoms with E-state index in [0.29, 0.717) is 38.1 Å². The van der Waals surface area contributed by atoms with Crippen LogP contribution in [0.2, 0.25) is 5.15 Å². The fourth-order valence-electron chi connectivity index (χ4n) is 4.16. The number of nitrogens with one attached hydrogen (secondary N) is 1. The third kappa shape index (κ3) is 6.03. The second-order valence-electron chi connectivity index (χ2n) is 8.67. The maximum atomic E-state index is 13.4. The molecule has 212 valence electrons. The molecule has 12 heteroatoms. The van der Waals surface area contributed by atoms with Crippen molar-refractivity contribution in [3.05, 3.63) is 97.9 Å². The Bertz CT molecular complexity index is 1860. The van der Waals surface area contributed by atoms with E-state index in [1.807, 2.05) is 60.7 Å². The molecule has 42 heavy (non-hydrogen) atoms. The van der Waals surface area contributed by atoms with E-state index in [0.717, 1.165) is 27.9 Å². The number of carbonyl (C=O) groups is 1. The number of hydrogen-bond acceptors (Lipinski definition) is 9. The van der Waals surface area contributed by atoms with Crippen molar-refractivity contribution in [2.45, 2.75) is 0 Å². The van der Waals surface area contributed by atoms with Gasteiger partial charge in [-0.25, -0.2) is 15.4 Å². The number of rotatable bonds is 9. The van der Waals surface area contributed by atoms with Gasteiger partial charge in [0.15, 0.2) is 21.3 Å². The van der Waals surface area contributed by atoms with Gasteiger partial charge in [-0.3, -0.25) is 9.36 Å². The summed E-state index contributed by atoms with van der Waals surface area (Å²) < 4.78 is 18.5. The number of methoxy groups -OCH3 is 3. The lowest BCUT2D eigenvalue weighted by molar-refractivity contribution is 0.0959. The number of nitrogens with zero attached hydrogens (tertiary/aromatic N) is 4. The number of amides is 1. The lowest BCUT2D eigenvalue weighted by Crippen LogP contribution is -2.17. The molecule has 3 aromatic carbocycles. The van der Waals surface area contributed by atoms with Crippen LogP contribution in [0.15, 0.2) is 82.9 Å². The fourth-order valence-corrected chi connectivity index (χ4v) is 5.63. The molecule has 0 saturated carbocycles. The molecule has 0 fully saturated rings. The zero-order valence-electron chi connectivity index (χ0n) is 22.7. The van der Waals surface area contributed by atoms with Gasteiger partial charge in [0, 0.05) is 28.4 Å². The summed E-state index contributed by atoms with van der Waals surface area (Å²) in [5, 5.41) is 5.31. The Morgan fingerprint density at radius 1 is 0.976 bits per heavy atom. The van der Waals surface area contributed by atoms with Crippen LogP contribution < -0.4 is 19.6 Å². The van der Waals surface area contributed by atoms with Crippen LogP contribution >= 0.6 is 35.2 Å². The SMILES string of the molecule is COc1cc(/C=N/c2c(C(=O)N/N=C/c3cc4ccccc4nc3Cl)sc(=S)n2-c2ccccc2)cc(OC)c1OC. The second kappa shape index (κ2) is 12.9. The average molecular weight is 618 g/mol. The highest BCUT2D eigenvalue weighted by Gasteiger charge is 2.20. The third-order valence-electron chi connectivity index (χ3n) is 6.10. The van der Waals surface area contributed by atoms with Crippen molar-refractivity contribution >= 4 is 70.2 Å². The number of fused-ring (bicyclic) bond motifs is 1. The Hall–Kier alpha value is -4.58. The highest BCUT2D eigenvalue weighted by atomic mass is 35.5. The van der Waals surface area contributed by atoms with Crippen molar-refractivity contribution in [2.75, 3.05) is 21.3 Å². The Morgan fingerprint density at radius 3 is 2.36 bits per heavy atom. The van der Waals surface area contributed by atoms with E-state index < -0.39 is 5.91 Å². The normalized spacial score (nSPS) is 11.3. The molecule has 0 atom stereocenters. The van der Waals surface area contributed by atoms with Crippen molar-refractivity contribution in [1.82, 2.24) is 15.0 Å².